The van der Waals surface area contributed by atoms with Gasteiger partial charge in [-0.15, -0.1) is 0 Å². The third-order valence-electron chi connectivity index (χ3n) is 5.06. The van der Waals surface area contributed by atoms with Gasteiger partial charge in [0.15, 0.2) is 6.23 Å². The molecule has 3 atom stereocenters. The summed E-state index contributed by atoms with van der Waals surface area (Å²) in [5, 5.41) is 31.9. The Bertz CT molecular complexity index is 761. The summed E-state index contributed by atoms with van der Waals surface area (Å²) in [5.41, 5.74) is 1.40. The van der Waals surface area contributed by atoms with Crippen molar-refractivity contribution in [3.05, 3.63) is 34.9 Å². The Kier molecular flexibility index (Phi) is 6.10. The summed E-state index contributed by atoms with van der Waals surface area (Å²) in [5.74, 6) is -1.14. The summed E-state index contributed by atoms with van der Waals surface area (Å²) in [4.78, 5) is 16.3. The molecule has 1 saturated heterocycles. The number of rotatable bonds is 5. The average Bonchev–Trinajstić information content (AvgIpc) is 2.98. The number of piperidine rings is 1. The fourth-order valence-electron chi connectivity index (χ4n) is 3.65. The number of thiocarbonyl (C=S) groups is 1. The van der Waals surface area contributed by atoms with Crippen LogP contribution in [-0.4, -0.2) is 56.6 Å². The van der Waals surface area contributed by atoms with Crippen molar-refractivity contribution in [3.63, 3.8) is 0 Å². The predicted molar refractivity (Wildman–Crippen MR) is 110 cm³/mol. The van der Waals surface area contributed by atoms with Crippen molar-refractivity contribution in [2.45, 2.75) is 43.9 Å². The minimum Gasteiger partial charge on any atom is -0.481 e. The number of hydrogen-bond donors (Lipinski definition) is 3. The molecule has 1 aromatic rings. The summed E-state index contributed by atoms with van der Waals surface area (Å²) < 4.78 is 0. The molecule has 0 spiro atoms. The van der Waals surface area contributed by atoms with Gasteiger partial charge >= 0.3 is 5.97 Å². The number of aliphatic carboxylic acids is 1. The fraction of sp³-hybridized carbons (Fsp3) is 0.474. The van der Waals surface area contributed by atoms with Gasteiger partial charge in [-0.05, 0) is 25.5 Å². The van der Waals surface area contributed by atoms with Crippen LogP contribution in [0.4, 0.5) is 5.69 Å². The molecule has 1 fully saturated rings. The molecule has 2 aliphatic heterocycles. The highest BCUT2D eigenvalue weighted by atomic mass is 32.2. The Morgan fingerprint density at radius 2 is 1.96 bits per heavy atom. The third-order valence-corrected chi connectivity index (χ3v) is 6.81. The van der Waals surface area contributed by atoms with E-state index in [0.717, 1.165) is 10.6 Å². The molecule has 8 heteroatoms. The molecule has 3 N–H and O–H groups in total. The van der Waals surface area contributed by atoms with Gasteiger partial charge in [0.2, 0.25) is 0 Å². The lowest BCUT2D eigenvalue weighted by molar-refractivity contribution is -0.136. The molecule has 0 saturated carbocycles. The van der Waals surface area contributed by atoms with E-state index in [1.165, 1.54) is 11.8 Å². The van der Waals surface area contributed by atoms with E-state index in [0.29, 0.717) is 28.6 Å². The van der Waals surface area contributed by atoms with Crippen LogP contribution in [-0.2, 0) is 4.79 Å². The molecule has 1 aromatic carbocycles. The first-order valence-corrected chi connectivity index (χ1v) is 10.3. The van der Waals surface area contributed by atoms with Crippen LogP contribution in [0.25, 0.3) is 0 Å². The van der Waals surface area contributed by atoms with Crippen LogP contribution >= 0.6 is 24.0 Å². The first-order chi connectivity index (χ1) is 12.9. The van der Waals surface area contributed by atoms with E-state index in [4.69, 9.17) is 17.3 Å². The molecule has 3 unspecified atom stereocenters. The van der Waals surface area contributed by atoms with Crippen molar-refractivity contribution in [2.75, 3.05) is 18.0 Å². The van der Waals surface area contributed by atoms with Crippen LogP contribution in [0.5, 0.6) is 0 Å². The molecule has 0 bridgehead atoms. The number of benzene rings is 1. The molecule has 0 amide bonds. The average molecular weight is 409 g/mol. The van der Waals surface area contributed by atoms with E-state index in [2.05, 4.69) is 0 Å². The van der Waals surface area contributed by atoms with Crippen LogP contribution in [0.15, 0.2) is 39.8 Å². The van der Waals surface area contributed by atoms with E-state index in [1.807, 2.05) is 43.0 Å². The van der Waals surface area contributed by atoms with Crippen LogP contribution in [0, 0.1) is 5.92 Å². The van der Waals surface area contributed by atoms with E-state index in [-0.39, 0.29) is 18.9 Å². The number of carbonyl (C=O) groups is 1. The number of thioether (sulfide) groups is 1. The van der Waals surface area contributed by atoms with Crippen LogP contribution in [0.1, 0.15) is 26.7 Å². The van der Waals surface area contributed by atoms with Crippen LogP contribution < -0.4 is 4.90 Å². The molecule has 2 heterocycles. The summed E-state index contributed by atoms with van der Waals surface area (Å²) in [6.07, 6.45) is -1.30. The molecular weight excluding hydrogens is 384 g/mol. The fourth-order valence-corrected chi connectivity index (χ4v) is 5.45. The quantitative estimate of drug-likeness (QED) is 0.642. The number of aliphatic hydroxyl groups is 2. The van der Waals surface area contributed by atoms with Crippen LogP contribution in [0.2, 0.25) is 0 Å². The zero-order valence-corrected chi connectivity index (χ0v) is 17.0. The molecule has 146 valence electrons. The van der Waals surface area contributed by atoms with E-state index >= 15 is 0 Å². The number of carboxylic acid groups (broad SMARTS) is 1. The van der Waals surface area contributed by atoms with Gasteiger partial charge in [0, 0.05) is 29.5 Å². The van der Waals surface area contributed by atoms with Crippen LogP contribution in [0.3, 0.4) is 0 Å². The molecule has 0 aliphatic carbocycles. The zero-order valence-electron chi connectivity index (χ0n) is 15.3. The maximum Gasteiger partial charge on any atom is 0.305 e. The Hall–Kier alpha value is -1.61. The number of aliphatic hydroxyl groups excluding tert-OH is 2. The summed E-state index contributed by atoms with van der Waals surface area (Å²) >= 11 is 6.96. The van der Waals surface area contributed by atoms with E-state index < -0.39 is 18.3 Å². The van der Waals surface area contributed by atoms with E-state index in [9.17, 15) is 15.0 Å². The highest BCUT2D eigenvalue weighted by Gasteiger charge is 2.44. The SMILES string of the molecule is CCC1C(=S)N(CC)C(O)C(=C2Sc3ccccc3N2CCC(=O)O)C1O. The number of para-hydroxylation sites is 1. The van der Waals surface area contributed by atoms with Crippen molar-refractivity contribution < 1.29 is 20.1 Å². The Morgan fingerprint density at radius 1 is 1.26 bits per heavy atom. The first kappa shape index (κ1) is 20.1. The minimum absolute atomic E-state index is 0.0367. The summed E-state index contributed by atoms with van der Waals surface area (Å²) in [7, 11) is 0. The number of anilines is 1. The second kappa shape index (κ2) is 8.18. The topological polar surface area (TPSA) is 84.2 Å². The smallest absolute Gasteiger partial charge is 0.305 e. The standard InChI is InChI=1S/C19H24N2O4S2/c1-3-11-16(24)15(17(25)20(4-2)18(11)26)19-21(10-9-14(22)23)12-7-5-6-8-13(12)27-19/h5-8,11,16-17,24-25H,3-4,9-10H2,1-2H3,(H,22,23). The molecule has 6 nitrogen and oxygen atoms in total. The molecule has 0 radical (unpaired) electrons. The Morgan fingerprint density at radius 3 is 2.59 bits per heavy atom. The van der Waals surface area contributed by atoms with Gasteiger partial charge in [-0.2, -0.15) is 0 Å². The third kappa shape index (κ3) is 3.59. The molecule has 3 rings (SSSR count). The number of nitrogens with zero attached hydrogens (tertiary/aromatic N) is 2. The molecule has 0 aromatic heterocycles. The van der Waals surface area contributed by atoms with Gasteiger partial charge in [-0.1, -0.05) is 43.0 Å². The maximum absolute atomic E-state index is 11.1. The van der Waals surface area contributed by atoms with Gasteiger partial charge in [-0.3, -0.25) is 4.79 Å². The maximum atomic E-state index is 11.1. The van der Waals surface area contributed by atoms with Gasteiger partial charge in [0.1, 0.15) is 0 Å². The number of carboxylic acids is 1. The Labute approximate surface area is 168 Å². The summed E-state index contributed by atoms with van der Waals surface area (Å²) in [6, 6.07) is 7.71. The lowest BCUT2D eigenvalue weighted by Crippen LogP contribution is -2.55. The first-order valence-electron chi connectivity index (χ1n) is 9.07. The van der Waals surface area contributed by atoms with Gasteiger partial charge in [0.05, 0.1) is 28.2 Å². The lowest BCUT2D eigenvalue weighted by Gasteiger charge is -2.44. The lowest BCUT2D eigenvalue weighted by atomic mass is 9.87. The number of hydrogen-bond acceptors (Lipinski definition) is 6. The second-order valence-electron chi connectivity index (χ2n) is 6.58. The normalized spacial score (nSPS) is 27.9. The number of likely N-dealkylation sites (N-methyl/N-ethyl adjacent to an activating group) is 1. The minimum atomic E-state index is -1.02. The molecule has 2 aliphatic rings. The monoisotopic (exact) mass is 408 g/mol. The molecular formula is C19H24N2O4S2. The zero-order chi connectivity index (χ0) is 19.7. The number of fused-ring (bicyclic) bond motifs is 1. The highest BCUT2D eigenvalue weighted by Crippen LogP contribution is 2.49. The van der Waals surface area contributed by atoms with Crippen molar-refractivity contribution in [3.8, 4) is 0 Å². The van der Waals surface area contributed by atoms with E-state index in [1.54, 1.807) is 4.90 Å². The molecule has 27 heavy (non-hydrogen) atoms. The van der Waals surface area contributed by atoms with Gasteiger partial charge in [0.25, 0.3) is 0 Å². The second-order valence-corrected chi connectivity index (χ2v) is 8.03. The Balaban J connectivity index is 2.09. The van der Waals surface area contributed by atoms with Crippen molar-refractivity contribution >= 4 is 40.6 Å². The number of likely N-dealkylation sites (tertiary alicyclic amines) is 1. The van der Waals surface area contributed by atoms with Gasteiger partial charge < -0.3 is 25.1 Å². The largest absolute Gasteiger partial charge is 0.481 e. The van der Waals surface area contributed by atoms with Crippen molar-refractivity contribution in [2.24, 2.45) is 5.92 Å². The van der Waals surface area contributed by atoms with Crippen molar-refractivity contribution in [1.82, 2.24) is 4.90 Å². The van der Waals surface area contributed by atoms with Gasteiger partial charge in [-0.25, -0.2) is 0 Å². The summed E-state index contributed by atoms with van der Waals surface area (Å²) in [6.45, 7) is 4.69. The predicted octanol–water partition coefficient (Wildman–Crippen LogP) is 2.65. The van der Waals surface area contributed by atoms with Crippen molar-refractivity contribution in [1.29, 1.82) is 0 Å². The highest BCUT2D eigenvalue weighted by molar-refractivity contribution is 8.03.